The maximum absolute atomic E-state index is 12.7. The van der Waals surface area contributed by atoms with Crippen LogP contribution in [0.4, 0.5) is 11.4 Å². The number of fused-ring (bicyclic) bond motifs is 1. The summed E-state index contributed by atoms with van der Waals surface area (Å²) >= 11 is 0. The number of rotatable bonds is 7. The second-order valence-electron chi connectivity index (χ2n) is 9.42. The molecule has 0 atom stereocenters. The number of benzene rings is 3. The molecule has 1 aliphatic heterocycles. The molecule has 0 saturated carbocycles. The summed E-state index contributed by atoms with van der Waals surface area (Å²) in [5.41, 5.74) is 2.53. The third-order valence-electron chi connectivity index (χ3n) is 5.47. The summed E-state index contributed by atoms with van der Waals surface area (Å²) in [7, 11) is 0. The fourth-order valence-corrected chi connectivity index (χ4v) is 3.27. The smallest absolute Gasteiger partial charge is 0.343 e. The molecule has 1 heterocycles. The molecule has 0 fully saturated rings. The van der Waals surface area contributed by atoms with Gasteiger partial charge in [0.15, 0.2) is 11.5 Å². The SMILES string of the molecule is CC(C)(C)C(=O)Nc1ccc(C(=O)N/N=C/c2cc([N+](=O)[O-])ccc2OC(=O)c2ccc3c(c2)OCO3)cc1. The largest absolute Gasteiger partial charge is 0.454 e. The molecule has 1 aliphatic rings. The second-order valence-corrected chi connectivity index (χ2v) is 9.42. The highest BCUT2D eigenvalue weighted by molar-refractivity contribution is 5.98. The van der Waals surface area contributed by atoms with Crippen LogP contribution in [0.3, 0.4) is 0 Å². The molecule has 4 rings (SSSR count). The third-order valence-corrected chi connectivity index (χ3v) is 5.47. The van der Waals surface area contributed by atoms with Crippen LogP contribution < -0.4 is 25.0 Å². The van der Waals surface area contributed by atoms with Crippen LogP contribution in [-0.2, 0) is 4.79 Å². The molecule has 3 aromatic carbocycles. The number of amides is 2. The topological polar surface area (TPSA) is 158 Å². The Balaban J connectivity index is 1.46. The Bertz CT molecular complexity index is 1480. The monoisotopic (exact) mass is 532 g/mol. The van der Waals surface area contributed by atoms with Crippen molar-refractivity contribution in [3.63, 3.8) is 0 Å². The molecule has 2 N–H and O–H groups in total. The summed E-state index contributed by atoms with van der Waals surface area (Å²) in [5, 5.41) is 17.9. The third kappa shape index (κ3) is 6.55. The van der Waals surface area contributed by atoms with Crippen molar-refractivity contribution in [3.05, 3.63) is 87.5 Å². The van der Waals surface area contributed by atoms with E-state index in [1.54, 1.807) is 39.0 Å². The minimum atomic E-state index is -0.737. The molecule has 200 valence electrons. The highest BCUT2D eigenvalue weighted by atomic mass is 16.7. The molecular weight excluding hydrogens is 508 g/mol. The molecule has 0 aromatic heterocycles. The number of carbonyl (C=O) groups is 3. The fraction of sp³-hybridized carbons (Fsp3) is 0.185. The van der Waals surface area contributed by atoms with Gasteiger partial charge in [0.2, 0.25) is 12.7 Å². The molecule has 39 heavy (non-hydrogen) atoms. The summed E-state index contributed by atoms with van der Waals surface area (Å²) in [4.78, 5) is 48.0. The number of esters is 1. The van der Waals surface area contributed by atoms with E-state index < -0.39 is 22.2 Å². The van der Waals surface area contributed by atoms with Crippen LogP contribution in [0.2, 0.25) is 0 Å². The van der Waals surface area contributed by atoms with Crippen molar-refractivity contribution >= 4 is 35.4 Å². The summed E-state index contributed by atoms with van der Waals surface area (Å²) in [6, 6.07) is 14.3. The number of anilines is 1. The molecular formula is C27H24N4O8. The summed E-state index contributed by atoms with van der Waals surface area (Å²) in [6.07, 6.45) is 1.13. The Morgan fingerprint density at radius 3 is 2.36 bits per heavy atom. The number of hydrazone groups is 1. The Morgan fingerprint density at radius 2 is 1.67 bits per heavy atom. The van der Waals surface area contributed by atoms with E-state index in [-0.39, 0.29) is 40.8 Å². The van der Waals surface area contributed by atoms with Crippen molar-refractivity contribution in [3.8, 4) is 17.2 Å². The van der Waals surface area contributed by atoms with Gasteiger partial charge >= 0.3 is 5.97 Å². The zero-order valence-corrected chi connectivity index (χ0v) is 21.2. The molecule has 0 saturated heterocycles. The quantitative estimate of drug-likeness (QED) is 0.150. The van der Waals surface area contributed by atoms with E-state index in [4.69, 9.17) is 14.2 Å². The van der Waals surface area contributed by atoms with Crippen LogP contribution >= 0.6 is 0 Å². The minimum absolute atomic E-state index is 0.0137. The van der Waals surface area contributed by atoms with Crippen LogP contribution in [0.1, 0.15) is 47.1 Å². The van der Waals surface area contributed by atoms with Gasteiger partial charge in [0.1, 0.15) is 5.75 Å². The molecule has 0 bridgehead atoms. The molecule has 3 aromatic rings. The standard InChI is InChI=1S/C27H24N4O8/c1-27(2,3)26(34)29-19-7-4-16(5-8-19)24(32)30-28-14-18-12-20(31(35)36)9-11-21(18)39-25(33)17-6-10-22-23(13-17)38-15-37-22/h4-14H,15H2,1-3H3,(H,29,34)(H,30,32)/b28-14+. The first-order valence-electron chi connectivity index (χ1n) is 11.7. The van der Waals surface area contributed by atoms with Gasteiger partial charge in [-0.1, -0.05) is 20.8 Å². The maximum Gasteiger partial charge on any atom is 0.343 e. The molecule has 12 heteroatoms. The first-order chi connectivity index (χ1) is 18.5. The number of ether oxygens (including phenoxy) is 3. The van der Waals surface area contributed by atoms with Crippen molar-refractivity contribution < 1.29 is 33.5 Å². The van der Waals surface area contributed by atoms with Gasteiger partial charge in [-0.05, 0) is 48.5 Å². The number of carbonyl (C=O) groups excluding carboxylic acids is 3. The minimum Gasteiger partial charge on any atom is -0.454 e. The Morgan fingerprint density at radius 1 is 0.974 bits per heavy atom. The van der Waals surface area contributed by atoms with Gasteiger partial charge in [-0.25, -0.2) is 10.2 Å². The Hall–Kier alpha value is -5.26. The predicted molar refractivity (Wildman–Crippen MR) is 140 cm³/mol. The van der Waals surface area contributed by atoms with Gasteiger partial charge < -0.3 is 19.5 Å². The first-order valence-corrected chi connectivity index (χ1v) is 11.7. The molecule has 2 amide bonds. The summed E-state index contributed by atoms with van der Waals surface area (Å²) in [6.45, 7) is 5.40. The average Bonchev–Trinajstić information content (AvgIpc) is 3.37. The highest BCUT2D eigenvalue weighted by Gasteiger charge is 2.21. The zero-order chi connectivity index (χ0) is 28.2. The lowest BCUT2D eigenvalue weighted by Crippen LogP contribution is -2.27. The Kier molecular flexibility index (Phi) is 7.56. The maximum atomic E-state index is 12.7. The molecule has 0 aliphatic carbocycles. The summed E-state index contributed by atoms with van der Waals surface area (Å²) < 4.78 is 15.9. The van der Waals surface area contributed by atoms with Gasteiger partial charge in [-0.3, -0.25) is 19.7 Å². The Labute approximate surface area is 222 Å². The zero-order valence-electron chi connectivity index (χ0n) is 21.2. The molecule has 0 unspecified atom stereocenters. The molecule has 0 radical (unpaired) electrons. The van der Waals surface area contributed by atoms with Gasteiger partial charge in [-0.15, -0.1) is 0 Å². The fourth-order valence-electron chi connectivity index (χ4n) is 3.27. The van der Waals surface area contributed by atoms with E-state index in [1.165, 1.54) is 36.4 Å². The van der Waals surface area contributed by atoms with Crippen molar-refractivity contribution in [1.82, 2.24) is 5.43 Å². The molecule has 0 spiro atoms. The van der Waals surface area contributed by atoms with Crippen molar-refractivity contribution in [2.45, 2.75) is 20.8 Å². The number of nitrogens with one attached hydrogen (secondary N) is 2. The first kappa shape index (κ1) is 26.8. The number of non-ortho nitro benzene ring substituents is 1. The van der Waals surface area contributed by atoms with Crippen molar-refractivity contribution in [2.24, 2.45) is 10.5 Å². The number of hydrogen-bond donors (Lipinski definition) is 2. The van der Waals surface area contributed by atoms with Crippen LogP contribution in [0.25, 0.3) is 0 Å². The van der Waals surface area contributed by atoms with Crippen molar-refractivity contribution in [2.75, 3.05) is 12.1 Å². The average molecular weight is 533 g/mol. The van der Waals surface area contributed by atoms with E-state index in [0.29, 0.717) is 17.2 Å². The summed E-state index contributed by atoms with van der Waals surface area (Å²) in [5.74, 6) is -0.600. The van der Waals surface area contributed by atoms with E-state index in [9.17, 15) is 24.5 Å². The van der Waals surface area contributed by atoms with Gasteiger partial charge in [-0.2, -0.15) is 5.10 Å². The van der Waals surface area contributed by atoms with Gasteiger partial charge in [0.25, 0.3) is 11.6 Å². The lowest BCUT2D eigenvalue weighted by atomic mass is 9.95. The predicted octanol–water partition coefficient (Wildman–Crippen LogP) is 4.29. The molecule has 12 nitrogen and oxygen atoms in total. The van der Waals surface area contributed by atoms with Crippen LogP contribution in [0.15, 0.2) is 65.8 Å². The van der Waals surface area contributed by atoms with Gasteiger partial charge in [0.05, 0.1) is 16.7 Å². The van der Waals surface area contributed by atoms with E-state index in [2.05, 4.69) is 15.8 Å². The normalized spacial score (nSPS) is 12.2. The number of hydrogen-bond acceptors (Lipinski definition) is 9. The number of nitrogens with zero attached hydrogens (tertiary/aromatic N) is 2. The van der Waals surface area contributed by atoms with Crippen LogP contribution in [0.5, 0.6) is 17.2 Å². The number of nitro benzene ring substituents is 1. The lowest BCUT2D eigenvalue weighted by molar-refractivity contribution is -0.384. The van der Waals surface area contributed by atoms with Crippen molar-refractivity contribution in [1.29, 1.82) is 0 Å². The number of nitro groups is 1. The van der Waals surface area contributed by atoms with Gasteiger partial charge in [0, 0.05) is 34.4 Å². The lowest BCUT2D eigenvalue weighted by Gasteiger charge is -2.17. The van der Waals surface area contributed by atoms with Crippen LogP contribution in [-0.4, -0.2) is 35.7 Å². The van der Waals surface area contributed by atoms with Crippen LogP contribution in [0, 0.1) is 15.5 Å². The van der Waals surface area contributed by atoms with E-state index in [0.717, 1.165) is 12.3 Å². The van der Waals surface area contributed by atoms with E-state index in [1.807, 2.05) is 0 Å². The highest BCUT2D eigenvalue weighted by Crippen LogP contribution is 2.33. The second kappa shape index (κ2) is 11.0. The van der Waals surface area contributed by atoms with E-state index >= 15 is 0 Å².